The number of nitrogens with zero attached hydrogens (tertiary/aromatic N) is 3. The van der Waals surface area contributed by atoms with E-state index in [9.17, 15) is 5.11 Å². The second kappa shape index (κ2) is 4.41. The predicted molar refractivity (Wildman–Crippen MR) is 55.5 cm³/mol. The number of anilines is 2. The quantitative estimate of drug-likeness (QED) is 0.668. The van der Waals surface area contributed by atoms with Gasteiger partial charge < -0.3 is 20.5 Å². The van der Waals surface area contributed by atoms with E-state index in [1.807, 2.05) is 4.90 Å². The fraction of sp³-hybridized carbons (Fsp3) is 0.556. The molecule has 2 rings (SSSR count). The first-order valence-corrected chi connectivity index (χ1v) is 4.84. The van der Waals surface area contributed by atoms with Gasteiger partial charge in [-0.3, -0.25) is 0 Å². The summed E-state index contributed by atoms with van der Waals surface area (Å²) >= 11 is 0. The lowest BCUT2D eigenvalue weighted by Crippen LogP contribution is -2.48. The highest BCUT2D eigenvalue weighted by Gasteiger charge is 2.25. The molecule has 1 aromatic heterocycles. The lowest BCUT2D eigenvalue weighted by atomic mass is 10.2. The summed E-state index contributed by atoms with van der Waals surface area (Å²) in [6.07, 6.45) is 3.14. The van der Waals surface area contributed by atoms with Crippen molar-refractivity contribution in [3.8, 4) is 0 Å². The Kier molecular flexibility index (Phi) is 2.98. The molecule has 3 N–H and O–H groups in total. The zero-order chi connectivity index (χ0) is 10.7. The molecule has 6 nitrogen and oxygen atoms in total. The van der Waals surface area contributed by atoms with Crippen molar-refractivity contribution in [1.82, 2.24) is 9.97 Å². The van der Waals surface area contributed by atoms with Gasteiger partial charge in [-0.1, -0.05) is 0 Å². The number of aliphatic hydroxyl groups is 1. The number of ether oxygens (including phenoxy) is 1. The van der Waals surface area contributed by atoms with Gasteiger partial charge in [-0.2, -0.15) is 0 Å². The highest BCUT2D eigenvalue weighted by molar-refractivity contribution is 5.58. The normalized spacial score (nSPS) is 21.7. The molecule has 82 valence electrons. The summed E-state index contributed by atoms with van der Waals surface area (Å²) in [5.74, 6) is 1.01. The second-order valence-corrected chi connectivity index (χ2v) is 3.37. The molecule has 0 spiro atoms. The van der Waals surface area contributed by atoms with Crippen LogP contribution in [0.4, 0.5) is 11.6 Å². The Bertz CT molecular complexity index is 334. The van der Waals surface area contributed by atoms with E-state index >= 15 is 0 Å². The van der Waals surface area contributed by atoms with Crippen molar-refractivity contribution in [2.45, 2.75) is 6.04 Å². The van der Waals surface area contributed by atoms with Gasteiger partial charge in [0.25, 0.3) is 0 Å². The molecular weight excluding hydrogens is 196 g/mol. The van der Waals surface area contributed by atoms with Gasteiger partial charge in [0.05, 0.1) is 25.9 Å². The Hall–Kier alpha value is -1.40. The van der Waals surface area contributed by atoms with Crippen LogP contribution >= 0.6 is 0 Å². The number of aromatic nitrogens is 2. The highest BCUT2D eigenvalue weighted by Crippen LogP contribution is 2.21. The summed E-state index contributed by atoms with van der Waals surface area (Å²) in [5.41, 5.74) is 5.73. The Labute approximate surface area is 87.7 Å². The van der Waals surface area contributed by atoms with E-state index in [-0.39, 0.29) is 12.6 Å². The first kappa shape index (κ1) is 10.1. The van der Waals surface area contributed by atoms with E-state index in [0.717, 1.165) is 0 Å². The van der Waals surface area contributed by atoms with Crippen LogP contribution in [0.15, 0.2) is 12.4 Å². The summed E-state index contributed by atoms with van der Waals surface area (Å²) in [6, 6.07) is -0.0854. The van der Waals surface area contributed by atoms with Crippen LogP contribution in [-0.4, -0.2) is 47.5 Å². The van der Waals surface area contributed by atoms with Crippen molar-refractivity contribution < 1.29 is 9.84 Å². The lowest BCUT2D eigenvalue weighted by molar-refractivity contribution is 0.0723. The van der Waals surface area contributed by atoms with Crippen molar-refractivity contribution in [3.05, 3.63) is 12.4 Å². The monoisotopic (exact) mass is 210 g/mol. The highest BCUT2D eigenvalue weighted by atomic mass is 16.5. The summed E-state index contributed by atoms with van der Waals surface area (Å²) in [5, 5.41) is 9.20. The minimum atomic E-state index is -0.0854. The molecule has 0 amide bonds. The fourth-order valence-electron chi connectivity index (χ4n) is 1.65. The smallest absolute Gasteiger partial charge is 0.172 e. The van der Waals surface area contributed by atoms with Gasteiger partial charge in [-0.05, 0) is 0 Å². The molecule has 0 saturated carbocycles. The molecule has 15 heavy (non-hydrogen) atoms. The average Bonchev–Trinajstić information content (AvgIpc) is 2.30. The summed E-state index contributed by atoms with van der Waals surface area (Å²) < 4.78 is 5.27. The number of aliphatic hydroxyl groups excluding tert-OH is 1. The van der Waals surface area contributed by atoms with Crippen LogP contribution < -0.4 is 10.6 Å². The maximum Gasteiger partial charge on any atom is 0.172 e. The molecule has 0 radical (unpaired) electrons. The standard InChI is InChI=1S/C9H14N4O2/c10-8-9(12-2-1-11-8)13-3-4-15-6-7(13)5-14/h1-2,7,14H,3-6H2,(H2,10,11). The van der Waals surface area contributed by atoms with E-state index in [1.165, 1.54) is 0 Å². The van der Waals surface area contributed by atoms with Crippen LogP contribution in [0.2, 0.25) is 0 Å². The molecule has 1 aromatic rings. The van der Waals surface area contributed by atoms with E-state index in [2.05, 4.69) is 9.97 Å². The van der Waals surface area contributed by atoms with Gasteiger partial charge in [0.1, 0.15) is 0 Å². The van der Waals surface area contributed by atoms with Crippen LogP contribution in [0.3, 0.4) is 0 Å². The van der Waals surface area contributed by atoms with Crippen LogP contribution in [0, 0.1) is 0 Å². The molecular formula is C9H14N4O2. The van der Waals surface area contributed by atoms with Gasteiger partial charge in [0.2, 0.25) is 0 Å². The lowest BCUT2D eigenvalue weighted by Gasteiger charge is -2.35. The topological polar surface area (TPSA) is 84.5 Å². The number of rotatable bonds is 2. The third-order valence-corrected chi connectivity index (χ3v) is 2.42. The molecule has 1 aliphatic heterocycles. The summed E-state index contributed by atoms with van der Waals surface area (Å²) in [7, 11) is 0. The number of hydrogen-bond donors (Lipinski definition) is 2. The number of hydrogen-bond acceptors (Lipinski definition) is 6. The Morgan fingerprint density at radius 2 is 2.33 bits per heavy atom. The van der Waals surface area contributed by atoms with E-state index < -0.39 is 0 Å². The van der Waals surface area contributed by atoms with Gasteiger partial charge in [-0.15, -0.1) is 0 Å². The third kappa shape index (κ3) is 2.00. The zero-order valence-corrected chi connectivity index (χ0v) is 8.33. The molecule has 1 aliphatic rings. The van der Waals surface area contributed by atoms with E-state index in [1.54, 1.807) is 12.4 Å². The minimum absolute atomic E-state index is 0.0238. The fourth-order valence-corrected chi connectivity index (χ4v) is 1.65. The van der Waals surface area contributed by atoms with Crippen LogP contribution in [0.1, 0.15) is 0 Å². The molecule has 1 fully saturated rings. The van der Waals surface area contributed by atoms with Crippen molar-refractivity contribution in [2.24, 2.45) is 0 Å². The Balaban J connectivity index is 2.24. The molecule has 1 atom stereocenters. The van der Waals surface area contributed by atoms with Crippen LogP contribution in [0.25, 0.3) is 0 Å². The zero-order valence-electron chi connectivity index (χ0n) is 8.33. The van der Waals surface area contributed by atoms with Crippen molar-refractivity contribution in [1.29, 1.82) is 0 Å². The maximum atomic E-state index is 9.20. The molecule has 0 aromatic carbocycles. The molecule has 6 heteroatoms. The second-order valence-electron chi connectivity index (χ2n) is 3.37. The summed E-state index contributed by atoms with van der Waals surface area (Å²) in [4.78, 5) is 10.1. The summed E-state index contributed by atoms with van der Waals surface area (Å²) in [6.45, 7) is 1.81. The molecule has 1 saturated heterocycles. The first-order chi connectivity index (χ1) is 7.33. The number of nitrogen functional groups attached to an aromatic ring is 1. The minimum Gasteiger partial charge on any atom is -0.394 e. The molecule has 2 heterocycles. The first-order valence-electron chi connectivity index (χ1n) is 4.84. The van der Waals surface area contributed by atoms with E-state index in [4.69, 9.17) is 10.5 Å². The molecule has 1 unspecified atom stereocenters. The number of nitrogens with two attached hydrogens (primary N) is 1. The Morgan fingerprint density at radius 1 is 1.53 bits per heavy atom. The van der Waals surface area contributed by atoms with Crippen molar-refractivity contribution in [2.75, 3.05) is 37.0 Å². The van der Waals surface area contributed by atoms with E-state index in [0.29, 0.717) is 31.4 Å². The molecule has 0 bridgehead atoms. The maximum absolute atomic E-state index is 9.20. The average molecular weight is 210 g/mol. The largest absolute Gasteiger partial charge is 0.394 e. The van der Waals surface area contributed by atoms with Crippen LogP contribution in [0.5, 0.6) is 0 Å². The molecule has 0 aliphatic carbocycles. The van der Waals surface area contributed by atoms with Gasteiger partial charge in [-0.25, -0.2) is 9.97 Å². The third-order valence-electron chi connectivity index (χ3n) is 2.42. The van der Waals surface area contributed by atoms with Gasteiger partial charge in [0, 0.05) is 18.9 Å². The van der Waals surface area contributed by atoms with Crippen molar-refractivity contribution >= 4 is 11.6 Å². The van der Waals surface area contributed by atoms with Crippen molar-refractivity contribution in [3.63, 3.8) is 0 Å². The Morgan fingerprint density at radius 3 is 3.07 bits per heavy atom. The SMILES string of the molecule is Nc1nccnc1N1CCOCC1CO. The van der Waals surface area contributed by atoms with Gasteiger partial charge >= 0.3 is 0 Å². The predicted octanol–water partition coefficient (Wildman–Crippen LogP) is -0.744. The number of morpholine rings is 1. The van der Waals surface area contributed by atoms with Crippen LogP contribution in [-0.2, 0) is 4.74 Å². The van der Waals surface area contributed by atoms with Gasteiger partial charge in [0.15, 0.2) is 11.6 Å².